The number of halogens is 5. The molecule has 5 heteroatoms. The topological polar surface area (TPSA) is 0 Å². The van der Waals surface area contributed by atoms with Crippen LogP contribution in [0.1, 0.15) is 25.8 Å². The minimum absolute atomic E-state index is 0.232. The molecule has 1 aromatic rings. The summed E-state index contributed by atoms with van der Waals surface area (Å²) < 4.78 is 0. The van der Waals surface area contributed by atoms with Gasteiger partial charge in [-0.2, -0.15) is 0 Å². The standard InChI is InChI=1S/C11H11Cl5/c1-11(2,3-4-12)8-6(13)5-7(14)9(15)10(8)16/h5H,3-4H2,1-2H3. The van der Waals surface area contributed by atoms with Gasteiger partial charge in [0.25, 0.3) is 0 Å². The maximum Gasteiger partial charge on any atom is 0.0782 e. The lowest BCUT2D eigenvalue weighted by atomic mass is 9.82. The third-order valence-electron chi connectivity index (χ3n) is 2.51. The Labute approximate surface area is 121 Å². The number of hydrogen-bond donors (Lipinski definition) is 0. The van der Waals surface area contributed by atoms with E-state index >= 15 is 0 Å². The van der Waals surface area contributed by atoms with Crippen LogP contribution >= 0.6 is 58.0 Å². The van der Waals surface area contributed by atoms with Gasteiger partial charge in [-0.25, -0.2) is 0 Å². The lowest BCUT2D eigenvalue weighted by Crippen LogP contribution is -2.19. The van der Waals surface area contributed by atoms with Crippen LogP contribution in [0.25, 0.3) is 0 Å². The summed E-state index contributed by atoms with van der Waals surface area (Å²) in [5.74, 6) is 0.528. The Morgan fingerprint density at radius 1 is 1.00 bits per heavy atom. The van der Waals surface area contributed by atoms with Gasteiger partial charge in [0.2, 0.25) is 0 Å². The monoisotopic (exact) mass is 318 g/mol. The minimum atomic E-state index is -0.232. The van der Waals surface area contributed by atoms with Crippen LogP contribution in [0.15, 0.2) is 6.07 Å². The van der Waals surface area contributed by atoms with Gasteiger partial charge in [0.1, 0.15) is 0 Å². The molecule has 0 aliphatic rings. The van der Waals surface area contributed by atoms with E-state index in [2.05, 4.69) is 0 Å². The van der Waals surface area contributed by atoms with Gasteiger partial charge in [0, 0.05) is 10.9 Å². The molecule has 0 aliphatic heterocycles. The first kappa shape index (κ1) is 14.7. The Hall–Kier alpha value is 0.670. The van der Waals surface area contributed by atoms with Crippen molar-refractivity contribution >= 4 is 58.0 Å². The Kier molecular flexibility index (Phi) is 5.10. The first-order valence-electron chi connectivity index (χ1n) is 4.70. The van der Waals surface area contributed by atoms with E-state index in [0.717, 1.165) is 12.0 Å². The fourth-order valence-electron chi connectivity index (χ4n) is 1.55. The SMILES string of the molecule is CC(C)(CCCl)c1c(Cl)cc(Cl)c(Cl)c1Cl. The van der Waals surface area contributed by atoms with Gasteiger partial charge < -0.3 is 0 Å². The normalized spacial score (nSPS) is 11.9. The zero-order chi connectivity index (χ0) is 12.5. The Balaban J connectivity index is 3.39. The van der Waals surface area contributed by atoms with E-state index in [0.29, 0.717) is 26.0 Å². The molecule has 0 atom stereocenters. The van der Waals surface area contributed by atoms with Crippen molar-refractivity contribution in [3.8, 4) is 0 Å². The van der Waals surface area contributed by atoms with Crippen LogP contribution in [-0.4, -0.2) is 5.88 Å². The second kappa shape index (κ2) is 5.54. The highest BCUT2D eigenvalue weighted by Crippen LogP contribution is 2.44. The molecule has 0 amide bonds. The molecule has 0 aromatic heterocycles. The first-order chi connectivity index (χ1) is 7.31. The summed E-state index contributed by atoms with van der Waals surface area (Å²) in [5, 5.41) is 1.64. The molecule has 0 spiro atoms. The lowest BCUT2D eigenvalue weighted by Gasteiger charge is -2.27. The maximum atomic E-state index is 6.18. The third kappa shape index (κ3) is 2.91. The van der Waals surface area contributed by atoms with Gasteiger partial charge >= 0.3 is 0 Å². The summed E-state index contributed by atoms with van der Waals surface area (Å²) in [6.07, 6.45) is 0.756. The molecule has 1 rings (SSSR count). The second-order valence-electron chi connectivity index (χ2n) is 4.17. The predicted octanol–water partition coefficient (Wildman–Crippen LogP) is 6.21. The van der Waals surface area contributed by atoms with Crippen LogP contribution in [0.4, 0.5) is 0 Å². The summed E-state index contributed by atoms with van der Waals surface area (Å²) in [6, 6.07) is 1.61. The molecule has 90 valence electrons. The van der Waals surface area contributed by atoms with Gasteiger partial charge in [-0.1, -0.05) is 60.3 Å². The fraction of sp³-hybridized carbons (Fsp3) is 0.455. The highest BCUT2D eigenvalue weighted by Gasteiger charge is 2.27. The molecule has 0 radical (unpaired) electrons. The van der Waals surface area contributed by atoms with Crippen LogP contribution in [0.5, 0.6) is 0 Å². The molecule has 0 nitrogen and oxygen atoms in total. The zero-order valence-corrected chi connectivity index (χ0v) is 12.7. The number of hydrogen-bond acceptors (Lipinski definition) is 0. The summed E-state index contributed by atoms with van der Waals surface area (Å²) >= 11 is 30.0. The Morgan fingerprint density at radius 3 is 2.06 bits per heavy atom. The van der Waals surface area contributed by atoms with Crippen molar-refractivity contribution < 1.29 is 0 Å². The van der Waals surface area contributed by atoms with Crippen molar-refractivity contribution in [1.82, 2.24) is 0 Å². The Morgan fingerprint density at radius 2 is 1.56 bits per heavy atom. The van der Waals surface area contributed by atoms with Crippen LogP contribution in [0, 0.1) is 0 Å². The van der Waals surface area contributed by atoms with Crippen LogP contribution < -0.4 is 0 Å². The fourth-order valence-corrected chi connectivity index (χ4v) is 3.44. The molecule has 0 fully saturated rings. The van der Waals surface area contributed by atoms with Crippen LogP contribution in [-0.2, 0) is 5.41 Å². The molecule has 0 saturated heterocycles. The smallest absolute Gasteiger partial charge is 0.0782 e. The molecular weight excluding hydrogens is 309 g/mol. The summed E-state index contributed by atoms with van der Waals surface area (Å²) in [4.78, 5) is 0. The second-order valence-corrected chi connectivity index (χ2v) is 6.11. The van der Waals surface area contributed by atoms with E-state index < -0.39 is 0 Å². The largest absolute Gasteiger partial charge is 0.127 e. The molecule has 0 saturated carbocycles. The maximum absolute atomic E-state index is 6.18. The zero-order valence-electron chi connectivity index (χ0n) is 8.88. The number of benzene rings is 1. The third-order valence-corrected chi connectivity index (χ3v) is 4.26. The summed E-state index contributed by atoms with van der Waals surface area (Å²) in [7, 11) is 0. The summed E-state index contributed by atoms with van der Waals surface area (Å²) in [5.41, 5.74) is 0.565. The van der Waals surface area contributed by atoms with Crippen molar-refractivity contribution in [2.45, 2.75) is 25.7 Å². The van der Waals surface area contributed by atoms with E-state index in [1.165, 1.54) is 0 Å². The predicted molar refractivity (Wildman–Crippen MR) is 74.8 cm³/mol. The van der Waals surface area contributed by atoms with Crippen molar-refractivity contribution in [3.05, 3.63) is 31.7 Å². The van der Waals surface area contributed by atoms with E-state index in [1.807, 2.05) is 13.8 Å². The van der Waals surface area contributed by atoms with Gasteiger partial charge in [0.15, 0.2) is 0 Å². The first-order valence-corrected chi connectivity index (χ1v) is 6.75. The highest BCUT2D eigenvalue weighted by atomic mass is 35.5. The molecule has 0 aliphatic carbocycles. The average molecular weight is 320 g/mol. The van der Waals surface area contributed by atoms with E-state index in [-0.39, 0.29) is 5.41 Å². The quantitative estimate of drug-likeness (QED) is 0.353. The minimum Gasteiger partial charge on any atom is -0.127 e. The summed E-state index contributed by atoms with van der Waals surface area (Å²) in [6.45, 7) is 4.04. The van der Waals surface area contributed by atoms with Gasteiger partial charge in [-0.05, 0) is 23.5 Å². The highest BCUT2D eigenvalue weighted by molar-refractivity contribution is 6.49. The molecule has 0 bridgehead atoms. The van der Waals surface area contributed by atoms with E-state index in [1.54, 1.807) is 6.07 Å². The molecule has 16 heavy (non-hydrogen) atoms. The molecule has 1 aromatic carbocycles. The van der Waals surface area contributed by atoms with Crippen molar-refractivity contribution in [2.24, 2.45) is 0 Å². The van der Waals surface area contributed by atoms with Gasteiger partial charge in [-0.15, -0.1) is 11.6 Å². The van der Waals surface area contributed by atoms with Gasteiger partial charge in [-0.3, -0.25) is 0 Å². The van der Waals surface area contributed by atoms with Gasteiger partial charge in [0.05, 0.1) is 15.1 Å². The van der Waals surface area contributed by atoms with Crippen molar-refractivity contribution in [2.75, 3.05) is 5.88 Å². The lowest BCUT2D eigenvalue weighted by molar-refractivity contribution is 0.510. The number of alkyl halides is 1. The van der Waals surface area contributed by atoms with E-state index in [4.69, 9.17) is 58.0 Å². The Bertz CT molecular complexity index is 398. The number of rotatable bonds is 3. The molecule has 0 unspecified atom stereocenters. The molecule has 0 N–H and O–H groups in total. The molecular formula is C11H11Cl5. The van der Waals surface area contributed by atoms with Crippen LogP contribution in [0.3, 0.4) is 0 Å². The van der Waals surface area contributed by atoms with Crippen molar-refractivity contribution in [3.63, 3.8) is 0 Å². The van der Waals surface area contributed by atoms with Crippen LogP contribution in [0.2, 0.25) is 20.1 Å². The molecule has 0 heterocycles. The average Bonchev–Trinajstić information content (AvgIpc) is 2.13. The van der Waals surface area contributed by atoms with Crippen molar-refractivity contribution in [1.29, 1.82) is 0 Å². The van der Waals surface area contributed by atoms with E-state index in [9.17, 15) is 0 Å².